The van der Waals surface area contributed by atoms with Gasteiger partial charge in [-0.15, -0.1) is 0 Å². The predicted octanol–water partition coefficient (Wildman–Crippen LogP) is -0.366. The molecule has 0 aliphatic carbocycles. The zero-order valence-corrected chi connectivity index (χ0v) is 6.89. The number of hydrogen-bond acceptors (Lipinski definition) is 2. The fourth-order valence-corrected chi connectivity index (χ4v) is 0.834. The van der Waals surface area contributed by atoms with E-state index in [1.807, 2.05) is 6.92 Å². The van der Waals surface area contributed by atoms with Gasteiger partial charge in [-0.25, -0.2) is 0 Å². The molecule has 0 aromatic carbocycles. The third kappa shape index (κ3) is 5.39. The molecular formula is C7H14N2O2. The Morgan fingerprint density at radius 3 is 2.36 bits per heavy atom. The number of primary amides is 1. The van der Waals surface area contributed by atoms with E-state index in [2.05, 4.69) is 5.32 Å². The van der Waals surface area contributed by atoms with Crippen LogP contribution in [0.25, 0.3) is 0 Å². The van der Waals surface area contributed by atoms with Crippen LogP contribution in [0.2, 0.25) is 0 Å². The SMILES string of the molecule is CNC(=O)C[C@H](C)CC(N)=O. The summed E-state index contributed by atoms with van der Waals surface area (Å²) in [7, 11) is 1.57. The lowest BCUT2D eigenvalue weighted by molar-refractivity contribution is -0.122. The van der Waals surface area contributed by atoms with Crippen molar-refractivity contribution < 1.29 is 9.59 Å². The molecule has 0 rings (SSSR count). The highest BCUT2D eigenvalue weighted by Gasteiger charge is 2.09. The lowest BCUT2D eigenvalue weighted by Crippen LogP contribution is -2.23. The molecule has 0 aliphatic rings. The van der Waals surface area contributed by atoms with Gasteiger partial charge in [0.2, 0.25) is 11.8 Å². The first-order chi connectivity index (χ1) is 5.06. The summed E-state index contributed by atoms with van der Waals surface area (Å²) in [5.41, 5.74) is 4.94. The van der Waals surface area contributed by atoms with Crippen LogP contribution in [-0.4, -0.2) is 18.9 Å². The van der Waals surface area contributed by atoms with E-state index in [0.29, 0.717) is 6.42 Å². The number of amides is 2. The van der Waals surface area contributed by atoms with Crippen molar-refractivity contribution in [1.29, 1.82) is 0 Å². The van der Waals surface area contributed by atoms with Crippen molar-refractivity contribution in [2.45, 2.75) is 19.8 Å². The molecule has 0 aliphatic heterocycles. The predicted molar refractivity (Wildman–Crippen MR) is 41.7 cm³/mol. The van der Waals surface area contributed by atoms with Gasteiger partial charge in [-0.05, 0) is 5.92 Å². The third-order valence-electron chi connectivity index (χ3n) is 1.36. The van der Waals surface area contributed by atoms with E-state index >= 15 is 0 Å². The van der Waals surface area contributed by atoms with Gasteiger partial charge in [0.05, 0.1) is 0 Å². The molecule has 0 aromatic heterocycles. The summed E-state index contributed by atoms with van der Waals surface area (Å²) in [6.45, 7) is 1.82. The van der Waals surface area contributed by atoms with Crippen LogP contribution in [0.1, 0.15) is 19.8 Å². The lowest BCUT2D eigenvalue weighted by Gasteiger charge is -2.06. The van der Waals surface area contributed by atoms with Crippen molar-refractivity contribution in [1.82, 2.24) is 5.32 Å². The molecule has 2 amide bonds. The van der Waals surface area contributed by atoms with Crippen molar-refractivity contribution in [2.24, 2.45) is 11.7 Å². The summed E-state index contributed by atoms with van der Waals surface area (Å²) >= 11 is 0. The highest BCUT2D eigenvalue weighted by molar-refractivity contribution is 5.78. The van der Waals surface area contributed by atoms with Gasteiger partial charge in [0.25, 0.3) is 0 Å². The third-order valence-corrected chi connectivity index (χ3v) is 1.36. The molecule has 0 bridgehead atoms. The maximum atomic E-state index is 10.7. The molecule has 0 saturated heterocycles. The van der Waals surface area contributed by atoms with Crippen LogP contribution in [0, 0.1) is 5.92 Å². The number of carbonyl (C=O) groups excluding carboxylic acids is 2. The van der Waals surface area contributed by atoms with E-state index in [1.54, 1.807) is 7.05 Å². The highest BCUT2D eigenvalue weighted by Crippen LogP contribution is 2.05. The molecule has 0 saturated carbocycles. The second kappa shape index (κ2) is 4.71. The Bertz CT molecular complexity index is 157. The maximum Gasteiger partial charge on any atom is 0.220 e. The normalized spacial score (nSPS) is 12.2. The number of hydrogen-bond donors (Lipinski definition) is 2. The Kier molecular flexibility index (Phi) is 4.26. The summed E-state index contributed by atoms with van der Waals surface area (Å²) in [6.07, 6.45) is 0.632. The number of nitrogens with two attached hydrogens (primary N) is 1. The standard InChI is InChI=1S/C7H14N2O2/c1-5(3-6(8)10)4-7(11)9-2/h5H,3-4H2,1-2H3,(H2,8,10)(H,9,11)/t5-/m1/s1. The first-order valence-electron chi connectivity index (χ1n) is 3.55. The van der Waals surface area contributed by atoms with Gasteiger partial charge in [0, 0.05) is 19.9 Å². The van der Waals surface area contributed by atoms with Crippen LogP contribution >= 0.6 is 0 Å². The van der Waals surface area contributed by atoms with Crippen molar-refractivity contribution in [3.8, 4) is 0 Å². The van der Waals surface area contributed by atoms with Crippen LogP contribution in [-0.2, 0) is 9.59 Å². The summed E-state index contributed by atoms with van der Waals surface area (Å²) in [5, 5.41) is 2.48. The molecule has 0 radical (unpaired) electrons. The Labute approximate surface area is 66.1 Å². The molecule has 3 N–H and O–H groups in total. The Hall–Kier alpha value is -1.06. The highest BCUT2D eigenvalue weighted by atomic mass is 16.2. The molecule has 0 fully saturated rings. The van der Waals surface area contributed by atoms with E-state index in [-0.39, 0.29) is 24.2 Å². The minimum atomic E-state index is -0.360. The van der Waals surface area contributed by atoms with Crippen molar-refractivity contribution in [3.05, 3.63) is 0 Å². The van der Waals surface area contributed by atoms with E-state index in [0.717, 1.165) is 0 Å². The lowest BCUT2D eigenvalue weighted by atomic mass is 10.0. The minimum absolute atomic E-state index is 0.0347. The summed E-state index contributed by atoms with van der Waals surface area (Å²) in [6, 6.07) is 0. The van der Waals surface area contributed by atoms with Gasteiger partial charge in [-0.1, -0.05) is 6.92 Å². The fraction of sp³-hybridized carbons (Fsp3) is 0.714. The van der Waals surface area contributed by atoms with Gasteiger partial charge in [0.15, 0.2) is 0 Å². The van der Waals surface area contributed by atoms with Crippen molar-refractivity contribution >= 4 is 11.8 Å². The molecular weight excluding hydrogens is 144 g/mol. The number of carbonyl (C=O) groups is 2. The van der Waals surface area contributed by atoms with Gasteiger partial charge < -0.3 is 11.1 Å². The first kappa shape index (κ1) is 9.94. The van der Waals surface area contributed by atoms with Crippen LogP contribution in [0.3, 0.4) is 0 Å². The molecule has 0 aromatic rings. The van der Waals surface area contributed by atoms with E-state index in [1.165, 1.54) is 0 Å². The molecule has 0 unspecified atom stereocenters. The molecule has 4 heteroatoms. The van der Waals surface area contributed by atoms with E-state index in [9.17, 15) is 9.59 Å². The molecule has 64 valence electrons. The quantitative estimate of drug-likeness (QED) is 0.586. The second-order valence-electron chi connectivity index (χ2n) is 2.65. The zero-order valence-electron chi connectivity index (χ0n) is 6.89. The topological polar surface area (TPSA) is 72.2 Å². The molecule has 4 nitrogen and oxygen atoms in total. The summed E-state index contributed by atoms with van der Waals surface area (Å²) in [4.78, 5) is 21.1. The van der Waals surface area contributed by atoms with Crippen LogP contribution in [0.5, 0.6) is 0 Å². The van der Waals surface area contributed by atoms with E-state index < -0.39 is 0 Å². The molecule has 1 atom stereocenters. The van der Waals surface area contributed by atoms with Crippen molar-refractivity contribution in [3.63, 3.8) is 0 Å². The minimum Gasteiger partial charge on any atom is -0.370 e. The van der Waals surface area contributed by atoms with Crippen LogP contribution in [0.15, 0.2) is 0 Å². The fourth-order valence-electron chi connectivity index (χ4n) is 0.834. The van der Waals surface area contributed by atoms with Crippen LogP contribution in [0.4, 0.5) is 0 Å². The average molecular weight is 158 g/mol. The van der Waals surface area contributed by atoms with Gasteiger partial charge >= 0.3 is 0 Å². The molecule has 0 spiro atoms. The zero-order chi connectivity index (χ0) is 8.85. The van der Waals surface area contributed by atoms with Crippen LogP contribution < -0.4 is 11.1 Å². The smallest absolute Gasteiger partial charge is 0.220 e. The van der Waals surface area contributed by atoms with E-state index in [4.69, 9.17) is 5.73 Å². The van der Waals surface area contributed by atoms with Gasteiger partial charge in [-0.2, -0.15) is 0 Å². The Morgan fingerprint density at radius 2 is 2.00 bits per heavy atom. The van der Waals surface area contributed by atoms with Crippen molar-refractivity contribution in [2.75, 3.05) is 7.05 Å². The molecule has 11 heavy (non-hydrogen) atoms. The second-order valence-corrected chi connectivity index (χ2v) is 2.65. The maximum absolute atomic E-state index is 10.7. The summed E-state index contributed by atoms with van der Waals surface area (Å²) in [5.74, 6) is -0.382. The monoisotopic (exact) mass is 158 g/mol. The molecule has 0 heterocycles. The largest absolute Gasteiger partial charge is 0.370 e. The number of nitrogens with one attached hydrogen (secondary N) is 1. The van der Waals surface area contributed by atoms with Gasteiger partial charge in [0.1, 0.15) is 0 Å². The Morgan fingerprint density at radius 1 is 1.45 bits per heavy atom. The Balaban J connectivity index is 3.60. The average Bonchev–Trinajstić information content (AvgIpc) is 1.85. The summed E-state index contributed by atoms with van der Waals surface area (Å²) < 4.78 is 0. The number of rotatable bonds is 4. The first-order valence-corrected chi connectivity index (χ1v) is 3.55. The van der Waals surface area contributed by atoms with Gasteiger partial charge in [-0.3, -0.25) is 9.59 Å².